The number of benzene rings is 1. The largest absolute Gasteiger partial charge is 0.353 e. The summed E-state index contributed by atoms with van der Waals surface area (Å²) >= 11 is 6.53. The molecule has 0 aliphatic carbocycles. The molecule has 0 saturated carbocycles. The molecule has 0 aliphatic heterocycles. The van der Waals surface area contributed by atoms with E-state index in [1.165, 1.54) is 6.07 Å². The molecule has 0 saturated heterocycles. The molecule has 0 radical (unpaired) electrons. The topological polar surface area (TPSA) is 66.5 Å². The molecule has 0 fully saturated rings. The lowest BCUT2D eigenvalue weighted by atomic mass is 10.4. The normalized spacial score (nSPS) is 12.0. The number of carbonyl (C=O) groups is 1. The van der Waals surface area contributed by atoms with Crippen molar-refractivity contribution in [2.24, 2.45) is 0 Å². The number of carbonyl (C=O) groups excluding carboxylic acids is 1. The Hall–Kier alpha value is -0.440. The van der Waals surface area contributed by atoms with Crippen LogP contribution in [0.3, 0.4) is 0 Å². The quantitative estimate of drug-likeness (QED) is 0.737. The minimum Gasteiger partial charge on any atom is -0.353 e. The van der Waals surface area contributed by atoms with Gasteiger partial charge in [-0.15, -0.1) is 0 Å². The maximum absolute atomic E-state index is 12.6. The molecular formula is C13H18Br2N2O3S. The molecule has 118 valence electrons. The van der Waals surface area contributed by atoms with Gasteiger partial charge in [-0.1, -0.05) is 22.9 Å². The summed E-state index contributed by atoms with van der Waals surface area (Å²) in [4.78, 5) is 11.9. The minimum atomic E-state index is -3.72. The van der Waals surface area contributed by atoms with E-state index in [0.717, 1.165) is 8.78 Å². The smallest absolute Gasteiger partial charge is 0.244 e. The van der Waals surface area contributed by atoms with E-state index >= 15 is 0 Å². The lowest BCUT2D eigenvalue weighted by Gasteiger charge is -2.21. The van der Waals surface area contributed by atoms with E-state index in [9.17, 15) is 13.2 Å². The van der Waals surface area contributed by atoms with Gasteiger partial charge in [0, 0.05) is 21.5 Å². The molecule has 0 atom stereocenters. The van der Waals surface area contributed by atoms with Crippen molar-refractivity contribution in [1.82, 2.24) is 9.62 Å². The number of nitrogens with one attached hydrogen (secondary N) is 1. The Kier molecular flexibility index (Phi) is 6.83. The first-order chi connectivity index (χ1) is 9.68. The van der Waals surface area contributed by atoms with Crippen molar-refractivity contribution in [1.29, 1.82) is 0 Å². The molecule has 5 nitrogen and oxygen atoms in total. The van der Waals surface area contributed by atoms with Crippen LogP contribution in [0.1, 0.15) is 20.8 Å². The Morgan fingerprint density at radius 1 is 1.33 bits per heavy atom. The van der Waals surface area contributed by atoms with Gasteiger partial charge in [-0.25, -0.2) is 8.42 Å². The van der Waals surface area contributed by atoms with Gasteiger partial charge in [0.15, 0.2) is 0 Å². The fourth-order valence-corrected chi connectivity index (χ4v) is 4.83. The number of likely N-dealkylation sites (N-methyl/N-ethyl adjacent to an activating group) is 1. The van der Waals surface area contributed by atoms with Gasteiger partial charge in [-0.2, -0.15) is 4.31 Å². The number of rotatable bonds is 6. The Morgan fingerprint density at radius 3 is 2.43 bits per heavy atom. The zero-order valence-electron chi connectivity index (χ0n) is 12.1. The summed E-state index contributed by atoms with van der Waals surface area (Å²) in [6, 6.07) is 4.79. The number of hydrogen-bond acceptors (Lipinski definition) is 3. The van der Waals surface area contributed by atoms with Gasteiger partial charge >= 0.3 is 0 Å². The van der Waals surface area contributed by atoms with Gasteiger partial charge < -0.3 is 5.32 Å². The fraction of sp³-hybridized carbons (Fsp3) is 0.462. The molecule has 0 unspecified atom stereocenters. The molecule has 1 N–H and O–H groups in total. The lowest BCUT2D eigenvalue weighted by molar-refractivity contribution is -0.121. The number of sulfonamides is 1. The molecule has 0 spiro atoms. The third kappa shape index (κ3) is 5.05. The average molecular weight is 442 g/mol. The van der Waals surface area contributed by atoms with Crippen LogP contribution in [0, 0.1) is 0 Å². The highest BCUT2D eigenvalue weighted by Crippen LogP contribution is 2.28. The van der Waals surface area contributed by atoms with Gasteiger partial charge in [0.05, 0.1) is 11.4 Å². The van der Waals surface area contributed by atoms with Crippen molar-refractivity contribution >= 4 is 47.8 Å². The van der Waals surface area contributed by atoms with E-state index in [1.54, 1.807) is 19.1 Å². The highest BCUT2D eigenvalue weighted by Gasteiger charge is 2.27. The molecule has 0 aromatic heterocycles. The Balaban J connectivity index is 3.05. The standard InChI is InChI=1S/C13H18Br2N2O3S/c1-4-17(8-13(18)16-9(2)3)21(19,20)12-6-5-10(14)7-11(12)15/h5-7,9H,4,8H2,1-3H3,(H,16,18). The second kappa shape index (κ2) is 7.71. The molecule has 0 aliphatic rings. The lowest BCUT2D eigenvalue weighted by Crippen LogP contribution is -2.42. The predicted octanol–water partition coefficient (Wildman–Crippen LogP) is 2.75. The van der Waals surface area contributed by atoms with E-state index in [4.69, 9.17) is 0 Å². The molecule has 0 bridgehead atoms. The van der Waals surface area contributed by atoms with Crippen molar-refractivity contribution in [2.45, 2.75) is 31.7 Å². The summed E-state index contributed by atoms with van der Waals surface area (Å²) in [6.07, 6.45) is 0. The average Bonchev–Trinajstić information content (AvgIpc) is 2.34. The van der Waals surface area contributed by atoms with Gasteiger partial charge in [0.2, 0.25) is 15.9 Å². The first-order valence-electron chi connectivity index (χ1n) is 6.43. The third-order valence-corrected chi connectivity index (χ3v) is 6.02. The number of halogens is 2. The molecule has 1 aromatic carbocycles. The summed E-state index contributed by atoms with van der Waals surface area (Å²) in [6.45, 7) is 5.38. The summed E-state index contributed by atoms with van der Waals surface area (Å²) in [5.41, 5.74) is 0. The van der Waals surface area contributed by atoms with Crippen molar-refractivity contribution < 1.29 is 13.2 Å². The molecule has 1 aromatic rings. The Bertz CT molecular complexity index is 618. The van der Waals surface area contributed by atoms with Gasteiger partial charge in [-0.3, -0.25) is 4.79 Å². The first kappa shape index (κ1) is 18.6. The molecular weight excluding hydrogens is 424 g/mol. The second-order valence-corrected chi connectivity index (χ2v) is 8.40. The van der Waals surface area contributed by atoms with Crippen LogP contribution in [0.15, 0.2) is 32.0 Å². The number of nitrogens with zero attached hydrogens (tertiary/aromatic N) is 1. The SMILES string of the molecule is CCN(CC(=O)NC(C)C)S(=O)(=O)c1ccc(Br)cc1Br. The van der Waals surface area contributed by atoms with Crippen molar-refractivity contribution in [3.8, 4) is 0 Å². The van der Waals surface area contributed by atoms with Crippen LogP contribution < -0.4 is 5.32 Å². The van der Waals surface area contributed by atoms with E-state index in [0.29, 0.717) is 4.47 Å². The van der Waals surface area contributed by atoms with E-state index in [1.807, 2.05) is 13.8 Å². The molecule has 21 heavy (non-hydrogen) atoms. The highest BCUT2D eigenvalue weighted by atomic mass is 79.9. The Morgan fingerprint density at radius 2 is 1.95 bits per heavy atom. The van der Waals surface area contributed by atoms with Crippen LogP contribution in [0.2, 0.25) is 0 Å². The van der Waals surface area contributed by atoms with Crippen LogP contribution >= 0.6 is 31.9 Å². The second-order valence-electron chi connectivity index (χ2n) is 4.73. The summed E-state index contributed by atoms with van der Waals surface area (Å²) in [5.74, 6) is -0.316. The van der Waals surface area contributed by atoms with Crippen LogP contribution in [-0.4, -0.2) is 37.8 Å². The summed E-state index contributed by atoms with van der Waals surface area (Å²) < 4.78 is 27.6. The fourth-order valence-electron chi connectivity index (χ4n) is 1.72. The third-order valence-electron chi connectivity index (χ3n) is 2.63. The predicted molar refractivity (Wildman–Crippen MR) is 89.6 cm³/mol. The molecule has 1 rings (SSSR count). The van der Waals surface area contributed by atoms with Crippen LogP contribution in [0.5, 0.6) is 0 Å². The van der Waals surface area contributed by atoms with Crippen LogP contribution in [0.4, 0.5) is 0 Å². The summed E-state index contributed by atoms with van der Waals surface area (Å²) in [5, 5.41) is 2.69. The molecule has 0 heterocycles. The maximum atomic E-state index is 12.6. The zero-order valence-corrected chi connectivity index (χ0v) is 16.0. The number of hydrogen-bond donors (Lipinski definition) is 1. The van der Waals surface area contributed by atoms with Crippen molar-refractivity contribution in [3.05, 3.63) is 27.1 Å². The van der Waals surface area contributed by atoms with Gasteiger partial charge in [0.1, 0.15) is 0 Å². The molecule has 8 heteroatoms. The zero-order chi connectivity index (χ0) is 16.2. The van der Waals surface area contributed by atoms with E-state index < -0.39 is 10.0 Å². The van der Waals surface area contributed by atoms with Crippen molar-refractivity contribution in [2.75, 3.05) is 13.1 Å². The van der Waals surface area contributed by atoms with Crippen molar-refractivity contribution in [3.63, 3.8) is 0 Å². The van der Waals surface area contributed by atoms with Gasteiger partial charge in [0.25, 0.3) is 0 Å². The first-order valence-corrected chi connectivity index (χ1v) is 9.45. The Labute approximate surface area is 142 Å². The summed E-state index contributed by atoms with van der Waals surface area (Å²) in [7, 11) is -3.72. The van der Waals surface area contributed by atoms with Crippen LogP contribution in [0.25, 0.3) is 0 Å². The molecule has 1 amide bonds. The number of amides is 1. The van der Waals surface area contributed by atoms with Crippen LogP contribution in [-0.2, 0) is 14.8 Å². The highest BCUT2D eigenvalue weighted by molar-refractivity contribution is 9.11. The van der Waals surface area contributed by atoms with E-state index in [-0.39, 0.29) is 29.9 Å². The monoisotopic (exact) mass is 440 g/mol. The van der Waals surface area contributed by atoms with E-state index in [2.05, 4.69) is 37.2 Å². The minimum absolute atomic E-state index is 0.0293. The maximum Gasteiger partial charge on any atom is 0.244 e. The van der Waals surface area contributed by atoms with Gasteiger partial charge in [-0.05, 0) is 48.0 Å².